The molecule has 2 aromatic heterocycles. The lowest BCUT2D eigenvalue weighted by molar-refractivity contribution is 0.0944. The average Bonchev–Trinajstić information content (AvgIpc) is 3.54. The summed E-state index contributed by atoms with van der Waals surface area (Å²) in [4.78, 5) is 15.5. The van der Waals surface area contributed by atoms with Gasteiger partial charge >= 0.3 is 0 Å². The van der Waals surface area contributed by atoms with Gasteiger partial charge in [-0.3, -0.25) is 9.69 Å². The van der Waals surface area contributed by atoms with Gasteiger partial charge in [-0.15, -0.1) is 5.10 Å². The van der Waals surface area contributed by atoms with E-state index in [1.54, 1.807) is 18.2 Å². The number of piperidine rings is 1. The van der Waals surface area contributed by atoms with Crippen molar-refractivity contribution in [2.75, 3.05) is 18.8 Å². The zero-order valence-corrected chi connectivity index (χ0v) is 22.3. The minimum absolute atomic E-state index is 0.0151. The maximum atomic E-state index is 13.3. The van der Waals surface area contributed by atoms with Gasteiger partial charge in [0.1, 0.15) is 18.1 Å². The highest BCUT2D eigenvalue weighted by Gasteiger charge is 2.26. The number of carbonyl (C=O) groups excluding carboxylic acids is 1. The van der Waals surface area contributed by atoms with Crippen LogP contribution in [0, 0.1) is 0 Å². The molecular weight excluding hydrogens is 545 g/mol. The number of nitrogens with one attached hydrogen (secondary N) is 1. The number of likely N-dealkylation sites (tertiary alicyclic amines) is 1. The minimum Gasteiger partial charge on any atom is -0.489 e. The lowest BCUT2D eigenvalue weighted by Gasteiger charge is -2.25. The van der Waals surface area contributed by atoms with Crippen LogP contribution in [0.2, 0.25) is 10.0 Å². The molecule has 0 atom stereocenters. The molecule has 3 heterocycles. The molecule has 1 aliphatic rings. The van der Waals surface area contributed by atoms with Crippen molar-refractivity contribution < 1.29 is 14.2 Å². The number of ether oxygens (including phenoxy) is 1. The van der Waals surface area contributed by atoms with Gasteiger partial charge in [-0.1, -0.05) is 53.0 Å². The number of benzene rings is 2. The van der Waals surface area contributed by atoms with Gasteiger partial charge < -0.3 is 10.5 Å². The molecule has 39 heavy (non-hydrogen) atoms. The number of hydrogen-bond donors (Lipinski definition) is 2. The highest BCUT2D eigenvalue weighted by molar-refractivity contribution is 6.35. The first-order chi connectivity index (χ1) is 19.0. The Kier molecular flexibility index (Phi) is 8.35. The molecule has 4 aromatic rings. The summed E-state index contributed by atoms with van der Waals surface area (Å²) in [6, 6.07) is 12.5. The van der Waals surface area contributed by atoms with Crippen molar-refractivity contribution in [1.82, 2.24) is 35.6 Å². The zero-order valence-electron chi connectivity index (χ0n) is 20.8. The van der Waals surface area contributed by atoms with Gasteiger partial charge in [-0.2, -0.15) is 9.78 Å². The molecule has 0 unspecified atom stereocenters. The summed E-state index contributed by atoms with van der Waals surface area (Å²) in [6.07, 6.45) is 4.88. The van der Waals surface area contributed by atoms with Gasteiger partial charge in [0.15, 0.2) is 5.69 Å². The highest BCUT2D eigenvalue weighted by atomic mass is 35.5. The van der Waals surface area contributed by atoms with Crippen LogP contribution in [0.3, 0.4) is 0 Å². The van der Waals surface area contributed by atoms with Crippen LogP contribution in [0.25, 0.3) is 5.82 Å². The van der Waals surface area contributed by atoms with Crippen molar-refractivity contribution in [2.24, 2.45) is 5.10 Å². The van der Waals surface area contributed by atoms with E-state index in [2.05, 4.69) is 36.1 Å². The number of hydrazone groups is 1. The van der Waals surface area contributed by atoms with Crippen molar-refractivity contribution >= 4 is 41.1 Å². The van der Waals surface area contributed by atoms with Gasteiger partial charge in [0.25, 0.3) is 5.91 Å². The van der Waals surface area contributed by atoms with Crippen LogP contribution in [0.4, 0.5) is 5.82 Å². The van der Waals surface area contributed by atoms with Crippen molar-refractivity contribution in [3.05, 3.63) is 75.0 Å². The first-order valence-corrected chi connectivity index (χ1v) is 13.0. The maximum absolute atomic E-state index is 13.3. The van der Waals surface area contributed by atoms with Gasteiger partial charge in [0.2, 0.25) is 11.6 Å². The van der Waals surface area contributed by atoms with E-state index in [1.807, 2.05) is 24.3 Å². The molecule has 1 amide bonds. The molecule has 1 fully saturated rings. The normalized spacial score (nSPS) is 14.1. The first-order valence-electron chi connectivity index (χ1n) is 12.2. The SMILES string of the molecule is Nc1nonc1-n1nnc(CN2CCCCC2)c1C(=O)N/N=C\c1cccc(OCc2ccc(Cl)cc2Cl)c1. The second-order valence-electron chi connectivity index (χ2n) is 8.90. The van der Waals surface area contributed by atoms with E-state index in [9.17, 15) is 4.79 Å². The highest BCUT2D eigenvalue weighted by Crippen LogP contribution is 2.23. The molecule has 0 saturated carbocycles. The number of anilines is 1. The third kappa shape index (κ3) is 6.53. The van der Waals surface area contributed by atoms with Crippen LogP contribution in [-0.2, 0) is 13.2 Å². The molecule has 1 saturated heterocycles. The van der Waals surface area contributed by atoms with Crippen LogP contribution in [0.15, 0.2) is 52.2 Å². The fourth-order valence-corrected chi connectivity index (χ4v) is 4.63. The summed E-state index contributed by atoms with van der Waals surface area (Å²) in [5.41, 5.74) is 10.5. The number of hydrogen-bond acceptors (Lipinski definition) is 10. The second kappa shape index (κ2) is 12.2. The van der Waals surface area contributed by atoms with Gasteiger partial charge in [-0.25, -0.2) is 10.1 Å². The molecule has 12 nitrogen and oxygen atoms in total. The summed E-state index contributed by atoms with van der Waals surface area (Å²) in [5, 5.41) is 20.9. The van der Waals surface area contributed by atoms with Crippen LogP contribution >= 0.6 is 23.2 Å². The van der Waals surface area contributed by atoms with Crippen LogP contribution in [0.5, 0.6) is 5.75 Å². The third-order valence-corrected chi connectivity index (χ3v) is 6.71. The average molecular weight is 570 g/mol. The van der Waals surface area contributed by atoms with Crippen LogP contribution in [-0.4, -0.2) is 55.4 Å². The zero-order chi connectivity index (χ0) is 27.2. The number of nitrogen functional groups attached to an aromatic ring is 1. The molecule has 202 valence electrons. The smallest absolute Gasteiger partial charge is 0.292 e. The lowest BCUT2D eigenvalue weighted by atomic mass is 10.1. The van der Waals surface area contributed by atoms with Crippen molar-refractivity contribution in [3.63, 3.8) is 0 Å². The third-order valence-electron chi connectivity index (χ3n) is 6.12. The molecular formula is C25H25Cl2N9O3. The number of nitrogens with two attached hydrogens (primary N) is 1. The summed E-state index contributed by atoms with van der Waals surface area (Å²) in [7, 11) is 0. The van der Waals surface area contributed by atoms with E-state index >= 15 is 0 Å². The Hall–Kier alpha value is -4.00. The predicted octanol–water partition coefficient (Wildman–Crippen LogP) is 3.87. The van der Waals surface area contributed by atoms with Gasteiger partial charge in [0.05, 0.1) is 6.21 Å². The predicted molar refractivity (Wildman–Crippen MR) is 145 cm³/mol. The Bertz CT molecular complexity index is 1480. The Balaban J connectivity index is 1.28. The molecule has 0 spiro atoms. The number of rotatable bonds is 9. The standard InChI is InChI=1S/C25H25Cl2N9O3/c26-18-8-7-17(20(27)12-18)15-38-19-6-4-5-16(11-19)13-29-31-25(37)22-21(14-35-9-2-1-3-10-35)30-34-36(22)24-23(28)32-39-33-24/h4-8,11-13H,1-3,9-10,14-15H2,(H2,28,32)(H,31,37)/b29-13-. The van der Waals surface area contributed by atoms with E-state index in [0.717, 1.165) is 31.5 Å². The molecule has 1 aliphatic heterocycles. The van der Waals surface area contributed by atoms with Crippen molar-refractivity contribution in [1.29, 1.82) is 0 Å². The number of halogens is 2. The largest absolute Gasteiger partial charge is 0.489 e. The Labute approximate surface area is 233 Å². The molecule has 0 radical (unpaired) electrons. The van der Waals surface area contributed by atoms with E-state index in [4.69, 9.17) is 38.3 Å². The fraction of sp³-hybridized carbons (Fsp3) is 0.280. The minimum atomic E-state index is -0.532. The molecule has 3 N–H and O–H groups in total. The van der Waals surface area contributed by atoms with E-state index in [1.165, 1.54) is 17.3 Å². The van der Waals surface area contributed by atoms with E-state index in [-0.39, 0.29) is 23.9 Å². The molecule has 0 aliphatic carbocycles. The Morgan fingerprint density at radius 1 is 1.15 bits per heavy atom. The summed E-state index contributed by atoms with van der Waals surface area (Å²) >= 11 is 12.2. The Morgan fingerprint density at radius 2 is 2.00 bits per heavy atom. The summed E-state index contributed by atoms with van der Waals surface area (Å²) in [5.74, 6) is 0.137. The number of carbonyl (C=O) groups is 1. The Morgan fingerprint density at radius 3 is 2.77 bits per heavy atom. The van der Waals surface area contributed by atoms with Gasteiger partial charge in [0, 0.05) is 22.2 Å². The monoisotopic (exact) mass is 569 g/mol. The topological polar surface area (TPSA) is 150 Å². The van der Waals surface area contributed by atoms with Crippen molar-refractivity contribution in [2.45, 2.75) is 32.4 Å². The van der Waals surface area contributed by atoms with Crippen LogP contribution in [0.1, 0.15) is 46.6 Å². The number of nitrogens with zero attached hydrogens (tertiary/aromatic N) is 7. The number of aromatic nitrogens is 5. The van der Waals surface area contributed by atoms with Gasteiger partial charge in [-0.05, 0) is 66.1 Å². The first kappa shape index (κ1) is 26.6. The fourth-order valence-electron chi connectivity index (χ4n) is 4.17. The summed E-state index contributed by atoms with van der Waals surface area (Å²) < 4.78 is 11.8. The molecule has 5 rings (SSSR count). The molecule has 2 aromatic carbocycles. The van der Waals surface area contributed by atoms with Crippen molar-refractivity contribution in [3.8, 4) is 11.6 Å². The van der Waals surface area contributed by atoms with Crippen LogP contribution < -0.4 is 15.9 Å². The second-order valence-corrected chi connectivity index (χ2v) is 9.75. The molecule has 0 bridgehead atoms. The maximum Gasteiger partial charge on any atom is 0.292 e. The molecule has 14 heteroatoms. The van der Waals surface area contributed by atoms with E-state index in [0.29, 0.717) is 33.6 Å². The number of amides is 1. The summed E-state index contributed by atoms with van der Waals surface area (Å²) in [6.45, 7) is 2.56. The van der Waals surface area contributed by atoms with E-state index < -0.39 is 5.91 Å². The quantitative estimate of drug-likeness (QED) is 0.226. The lowest BCUT2D eigenvalue weighted by Crippen LogP contribution is -2.31.